The Kier molecular flexibility index (Phi) is 9.09. The molecule has 9 nitrogen and oxygen atoms in total. The number of ether oxygens (including phenoxy) is 1. The van der Waals surface area contributed by atoms with Gasteiger partial charge in [0.1, 0.15) is 11.8 Å². The molecule has 192 valence electrons. The number of carboxylic acids is 1. The lowest BCUT2D eigenvalue weighted by Crippen LogP contribution is -2.41. The number of carbonyl (C=O) groups is 1. The fourth-order valence-corrected chi connectivity index (χ4v) is 5.73. The Morgan fingerprint density at radius 3 is 1.89 bits per heavy atom. The summed E-state index contributed by atoms with van der Waals surface area (Å²) in [5.74, 6) is -0.862. The first-order valence-corrected chi connectivity index (χ1v) is 14.1. The molecule has 0 bridgehead atoms. The monoisotopic (exact) mass is 552 g/mol. The van der Waals surface area contributed by atoms with Gasteiger partial charge in [0.05, 0.1) is 16.9 Å². The molecule has 0 aliphatic rings. The highest BCUT2D eigenvalue weighted by Crippen LogP contribution is 2.23. The molecule has 0 aromatic heterocycles. The number of hydrogen-bond acceptors (Lipinski definition) is 6. The third-order valence-electron chi connectivity index (χ3n) is 5.27. The van der Waals surface area contributed by atoms with Gasteiger partial charge in [-0.15, -0.1) is 0 Å². The topological polar surface area (TPSA) is 139 Å². The van der Waals surface area contributed by atoms with Gasteiger partial charge in [0, 0.05) is 11.6 Å². The van der Waals surface area contributed by atoms with Crippen molar-refractivity contribution >= 4 is 37.6 Å². The normalized spacial score (nSPS) is 12.7. The van der Waals surface area contributed by atoms with Crippen LogP contribution < -0.4 is 14.2 Å². The van der Waals surface area contributed by atoms with Crippen LogP contribution in [0.4, 0.5) is 0 Å². The lowest BCUT2D eigenvalue weighted by atomic mass is 10.1. The van der Waals surface area contributed by atoms with Gasteiger partial charge in [0.2, 0.25) is 20.0 Å². The van der Waals surface area contributed by atoms with Gasteiger partial charge in [-0.1, -0.05) is 35.9 Å². The van der Waals surface area contributed by atoms with E-state index in [1.165, 1.54) is 43.5 Å². The number of rotatable bonds is 12. The maximum atomic E-state index is 12.8. The van der Waals surface area contributed by atoms with Gasteiger partial charge in [-0.05, 0) is 72.5 Å². The summed E-state index contributed by atoms with van der Waals surface area (Å²) in [5, 5.41) is 10.1. The van der Waals surface area contributed by atoms with Crippen molar-refractivity contribution in [1.29, 1.82) is 0 Å². The number of nitrogens with one attached hydrogen (secondary N) is 2. The van der Waals surface area contributed by atoms with Crippen molar-refractivity contribution in [2.24, 2.45) is 0 Å². The second-order valence-electron chi connectivity index (χ2n) is 7.76. The molecule has 0 saturated carbocycles. The van der Waals surface area contributed by atoms with Crippen molar-refractivity contribution in [1.82, 2.24) is 9.44 Å². The molecule has 0 amide bonds. The summed E-state index contributed by atoms with van der Waals surface area (Å²) in [6, 6.07) is 17.4. The zero-order chi connectivity index (χ0) is 26.3. The summed E-state index contributed by atoms with van der Waals surface area (Å²) in [6.07, 6.45) is -0.0348. The van der Waals surface area contributed by atoms with Gasteiger partial charge in [-0.3, -0.25) is 4.79 Å². The Labute approximate surface area is 215 Å². The second kappa shape index (κ2) is 11.8. The number of carboxylic acid groups (broad SMARTS) is 1. The summed E-state index contributed by atoms with van der Waals surface area (Å²) in [6.45, 7) is -0.0738. The molecule has 3 aromatic rings. The third-order valence-corrected chi connectivity index (χ3v) is 8.49. The van der Waals surface area contributed by atoms with Crippen molar-refractivity contribution in [3.05, 3.63) is 77.8 Å². The van der Waals surface area contributed by atoms with Crippen LogP contribution in [0.15, 0.2) is 82.6 Å². The number of methoxy groups -OCH3 is 1. The van der Waals surface area contributed by atoms with Crippen LogP contribution in [0.5, 0.6) is 5.75 Å². The number of hydrogen-bond donors (Lipinski definition) is 3. The van der Waals surface area contributed by atoms with E-state index in [4.69, 9.17) is 16.3 Å². The lowest BCUT2D eigenvalue weighted by molar-refractivity contribution is -0.139. The predicted octanol–water partition coefficient (Wildman–Crippen LogP) is 3.51. The maximum Gasteiger partial charge on any atom is 0.321 e. The SMILES string of the molecule is COc1ccc(S(=O)(=O)NCCCC(NS(=O)(=O)c2ccc(-c3ccc(Cl)cc3)cc2)C(=O)O)cc1. The largest absolute Gasteiger partial charge is 0.497 e. The van der Waals surface area contributed by atoms with E-state index in [0.29, 0.717) is 10.8 Å². The van der Waals surface area contributed by atoms with E-state index in [1.807, 2.05) is 0 Å². The predicted molar refractivity (Wildman–Crippen MR) is 136 cm³/mol. The van der Waals surface area contributed by atoms with Crippen LogP contribution >= 0.6 is 11.6 Å². The number of aliphatic carboxylic acids is 1. The number of halogens is 1. The minimum atomic E-state index is -4.13. The maximum absolute atomic E-state index is 12.8. The average molecular weight is 553 g/mol. The van der Waals surface area contributed by atoms with Crippen molar-refractivity contribution in [2.45, 2.75) is 28.7 Å². The Morgan fingerprint density at radius 1 is 0.861 bits per heavy atom. The summed E-state index contributed by atoms with van der Waals surface area (Å²) < 4.78 is 59.8. The van der Waals surface area contributed by atoms with Crippen molar-refractivity contribution in [3.8, 4) is 16.9 Å². The Morgan fingerprint density at radius 2 is 1.36 bits per heavy atom. The fourth-order valence-electron chi connectivity index (χ4n) is 3.31. The average Bonchev–Trinajstić information content (AvgIpc) is 2.86. The van der Waals surface area contributed by atoms with Gasteiger partial charge < -0.3 is 9.84 Å². The van der Waals surface area contributed by atoms with Crippen molar-refractivity contribution in [3.63, 3.8) is 0 Å². The first-order chi connectivity index (χ1) is 17.0. The van der Waals surface area contributed by atoms with E-state index >= 15 is 0 Å². The number of benzene rings is 3. The van der Waals surface area contributed by atoms with Gasteiger partial charge in [-0.2, -0.15) is 4.72 Å². The molecule has 0 saturated heterocycles. The van der Waals surface area contributed by atoms with E-state index in [0.717, 1.165) is 11.1 Å². The van der Waals surface area contributed by atoms with E-state index < -0.39 is 32.1 Å². The molecule has 0 radical (unpaired) electrons. The molecule has 3 rings (SSSR count). The highest BCUT2D eigenvalue weighted by atomic mass is 35.5. The van der Waals surface area contributed by atoms with Crippen molar-refractivity contribution < 1.29 is 31.5 Å². The molecular formula is C24H25ClN2O7S2. The van der Waals surface area contributed by atoms with Crippen LogP contribution in [0.3, 0.4) is 0 Å². The molecule has 1 unspecified atom stereocenters. The summed E-state index contributed by atoms with van der Waals surface area (Å²) >= 11 is 5.89. The molecule has 0 aliphatic carbocycles. The van der Waals surface area contributed by atoms with Crippen molar-refractivity contribution in [2.75, 3.05) is 13.7 Å². The Bertz CT molecular complexity index is 1390. The van der Waals surface area contributed by atoms with Crippen LogP contribution in [-0.2, 0) is 24.8 Å². The van der Waals surface area contributed by atoms with Crippen LogP contribution in [0.1, 0.15) is 12.8 Å². The zero-order valence-electron chi connectivity index (χ0n) is 19.2. The Balaban J connectivity index is 1.59. The van der Waals surface area contributed by atoms with E-state index in [-0.39, 0.29) is 29.2 Å². The summed E-state index contributed by atoms with van der Waals surface area (Å²) in [7, 11) is -6.47. The van der Waals surface area contributed by atoms with Crippen LogP contribution in [0.25, 0.3) is 11.1 Å². The highest BCUT2D eigenvalue weighted by molar-refractivity contribution is 7.89. The molecule has 3 N–H and O–H groups in total. The zero-order valence-corrected chi connectivity index (χ0v) is 21.6. The molecule has 0 spiro atoms. The quantitative estimate of drug-likeness (QED) is 0.292. The van der Waals surface area contributed by atoms with Crippen LogP contribution in [-0.4, -0.2) is 47.6 Å². The lowest BCUT2D eigenvalue weighted by Gasteiger charge is -2.15. The summed E-state index contributed by atoms with van der Waals surface area (Å²) in [5.41, 5.74) is 1.61. The molecular weight excluding hydrogens is 528 g/mol. The highest BCUT2D eigenvalue weighted by Gasteiger charge is 2.25. The molecule has 0 aliphatic heterocycles. The Hall–Kier alpha value is -2.96. The van der Waals surface area contributed by atoms with Gasteiger partial charge in [-0.25, -0.2) is 21.6 Å². The fraction of sp³-hybridized carbons (Fsp3) is 0.208. The van der Waals surface area contributed by atoms with Crippen LogP contribution in [0, 0.1) is 0 Å². The smallest absolute Gasteiger partial charge is 0.321 e. The molecule has 3 aromatic carbocycles. The molecule has 0 heterocycles. The summed E-state index contributed by atoms with van der Waals surface area (Å²) in [4.78, 5) is 11.6. The number of sulfonamides is 2. The molecule has 1 atom stereocenters. The second-order valence-corrected chi connectivity index (χ2v) is 11.7. The molecule has 12 heteroatoms. The standard InChI is InChI=1S/C24H25ClN2O7S2/c1-34-20-10-14-21(15-11-20)35(30,31)26-16-2-3-23(24(28)29)27-36(32,33)22-12-6-18(7-13-22)17-4-8-19(25)9-5-17/h4-15,23,26-27H,2-3,16H2,1H3,(H,28,29). The first kappa shape index (κ1) is 27.6. The van der Waals surface area contributed by atoms with E-state index in [2.05, 4.69) is 9.44 Å². The molecule has 36 heavy (non-hydrogen) atoms. The van der Waals surface area contributed by atoms with Gasteiger partial charge in [0.25, 0.3) is 0 Å². The minimum absolute atomic E-state index is 0.0286. The van der Waals surface area contributed by atoms with Crippen LogP contribution in [0.2, 0.25) is 5.02 Å². The molecule has 0 fully saturated rings. The van der Waals surface area contributed by atoms with Gasteiger partial charge in [0.15, 0.2) is 0 Å². The van der Waals surface area contributed by atoms with Gasteiger partial charge >= 0.3 is 5.97 Å². The third kappa shape index (κ3) is 7.28. The first-order valence-electron chi connectivity index (χ1n) is 10.8. The minimum Gasteiger partial charge on any atom is -0.497 e. The van der Waals surface area contributed by atoms with E-state index in [9.17, 15) is 26.7 Å². The van der Waals surface area contributed by atoms with E-state index in [1.54, 1.807) is 36.4 Å².